The van der Waals surface area contributed by atoms with Crippen LogP contribution in [0.1, 0.15) is 33.2 Å². The van der Waals surface area contributed by atoms with Gasteiger partial charge in [0.1, 0.15) is 5.69 Å². The van der Waals surface area contributed by atoms with Crippen molar-refractivity contribution in [3.05, 3.63) is 105 Å². The third-order valence-electron chi connectivity index (χ3n) is 4.55. The first-order valence-corrected chi connectivity index (χ1v) is 9.40. The first-order valence-electron chi connectivity index (χ1n) is 9.40. The summed E-state index contributed by atoms with van der Waals surface area (Å²) in [6.07, 6.45) is -1.33. The fourth-order valence-corrected chi connectivity index (χ4v) is 2.92. The predicted octanol–water partition coefficient (Wildman–Crippen LogP) is 3.93. The fourth-order valence-electron chi connectivity index (χ4n) is 2.92. The van der Waals surface area contributed by atoms with Gasteiger partial charge in [-0.15, -0.1) is 0 Å². The number of nitrogens with one attached hydrogen (secondary N) is 1. The lowest BCUT2D eigenvalue weighted by atomic mass is 10.1. The van der Waals surface area contributed by atoms with E-state index in [1.165, 1.54) is 24.3 Å². The average Bonchev–Trinajstić information content (AvgIpc) is 2.78. The summed E-state index contributed by atoms with van der Waals surface area (Å²) in [6.45, 7) is 1.54. The number of hydrogen-bond acceptors (Lipinski definition) is 6. The number of nitro benzene ring substituents is 1. The Morgan fingerprint density at radius 3 is 2.35 bits per heavy atom. The van der Waals surface area contributed by atoms with Crippen molar-refractivity contribution in [3.63, 3.8) is 0 Å². The van der Waals surface area contributed by atoms with Crippen LogP contribution in [-0.2, 0) is 16.1 Å². The first kappa shape index (κ1) is 21.7. The number of amides is 1. The minimum absolute atomic E-state index is 0.00452. The summed E-state index contributed by atoms with van der Waals surface area (Å²) in [5.74, 6) is -1.47. The number of carbonyl (C=O) groups excluding carboxylic acids is 2. The lowest BCUT2D eigenvalue weighted by Gasteiger charge is -2.18. The molecule has 2 N–H and O–H groups in total. The van der Waals surface area contributed by atoms with Crippen molar-refractivity contribution in [2.24, 2.45) is 0 Å². The van der Waals surface area contributed by atoms with Gasteiger partial charge in [-0.25, -0.2) is 4.79 Å². The second-order valence-corrected chi connectivity index (χ2v) is 6.82. The number of benzene rings is 3. The van der Waals surface area contributed by atoms with Crippen LogP contribution in [0.5, 0.6) is 0 Å². The van der Waals surface area contributed by atoms with E-state index in [4.69, 9.17) is 9.84 Å². The van der Waals surface area contributed by atoms with Crippen LogP contribution in [0, 0.1) is 17.0 Å². The molecule has 158 valence electrons. The lowest BCUT2D eigenvalue weighted by molar-refractivity contribution is -0.384. The van der Waals surface area contributed by atoms with Crippen LogP contribution in [0.4, 0.5) is 11.4 Å². The van der Waals surface area contributed by atoms with E-state index in [-0.39, 0.29) is 23.5 Å². The highest BCUT2D eigenvalue weighted by Gasteiger charge is 2.27. The third-order valence-corrected chi connectivity index (χ3v) is 4.55. The molecule has 8 nitrogen and oxygen atoms in total. The van der Waals surface area contributed by atoms with Crippen LogP contribution in [0.25, 0.3) is 0 Å². The molecule has 0 aliphatic heterocycles. The van der Waals surface area contributed by atoms with Gasteiger partial charge in [0.2, 0.25) is 6.10 Å². The molecule has 0 aromatic heterocycles. The Morgan fingerprint density at radius 1 is 1.06 bits per heavy atom. The topological polar surface area (TPSA) is 119 Å². The van der Waals surface area contributed by atoms with E-state index in [1.54, 1.807) is 55.5 Å². The molecule has 1 amide bonds. The maximum absolute atomic E-state index is 13.0. The van der Waals surface area contributed by atoms with E-state index in [9.17, 15) is 19.7 Å². The molecule has 0 bridgehead atoms. The Morgan fingerprint density at radius 2 is 1.74 bits per heavy atom. The van der Waals surface area contributed by atoms with Crippen molar-refractivity contribution in [1.82, 2.24) is 0 Å². The van der Waals surface area contributed by atoms with Gasteiger partial charge in [0, 0.05) is 11.6 Å². The standard InChI is InChI=1S/C23H20N2O6/c1-15-7-12-19(20(13-15)25(29)30)24-22(27)21(17-5-3-2-4-6-17)31-23(28)18-10-8-16(14-26)9-11-18/h2-13,21,26H,14H2,1H3,(H,24,27). The zero-order valence-electron chi connectivity index (χ0n) is 16.6. The average molecular weight is 420 g/mol. The molecule has 0 aliphatic rings. The molecule has 0 spiro atoms. The minimum atomic E-state index is -1.33. The quantitative estimate of drug-likeness (QED) is 0.340. The number of hydrogen-bond donors (Lipinski definition) is 2. The molecule has 0 heterocycles. The molecule has 3 aromatic rings. The van der Waals surface area contributed by atoms with Crippen LogP contribution in [0.2, 0.25) is 0 Å². The molecule has 0 aliphatic carbocycles. The molecular formula is C23H20N2O6. The summed E-state index contributed by atoms with van der Waals surface area (Å²) < 4.78 is 5.47. The predicted molar refractivity (Wildman–Crippen MR) is 113 cm³/mol. The number of rotatable bonds is 7. The second-order valence-electron chi connectivity index (χ2n) is 6.82. The highest BCUT2D eigenvalue weighted by Crippen LogP contribution is 2.28. The monoisotopic (exact) mass is 420 g/mol. The van der Waals surface area contributed by atoms with Gasteiger partial charge < -0.3 is 15.2 Å². The molecule has 3 rings (SSSR count). The highest BCUT2D eigenvalue weighted by atomic mass is 16.6. The smallest absolute Gasteiger partial charge is 0.339 e. The summed E-state index contributed by atoms with van der Waals surface area (Å²) in [6, 6.07) is 18.9. The number of aryl methyl sites for hydroxylation is 1. The molecule has 0 saturated heterocycles. The number of carbonyl (C=O) groups is 2. The van der Waals surface area contributed by atoms with E-state index in [1.807, 2.05) is 0 Å². The maximum atomic E-state index is 13.0. The molecule has 31 heavy (non-hydrogen) atoms. The number of aliphatic hydroxyl groups excluding tert-OH is 1. The van der Waals surface area contributed by atoms with Gasteiger partial charge in [-0.05, 0) is 36.2 Å². The fraction of sp³-hybridized carbons (Fsp3) is 0.130. The number of nitrogens with zero attached hydrogens (tertiary/aromatic N) is 1. The normalized spacial score (nSPS) is 11.4. The molecule has 0 radical (unpaired) electrons. The van der Waals surface area contributed by atoms with E-state index in [0.29, 0.717) is 16.7 Å². The maximum Gasteiger partial charge on any atom is 0.339 e. The van der Waals surface area contributed by atoms with Gasteiger partial charge in [0.15, 0.2) is 0 Å². The Hall–Kier alpha value is -4.04. The Bertz CT molecular complexity index is 1100. The first-order chi connectivity index (χ1) is 14.9. The number of anilines is 1. The molecule has 0 fully saturated rings. The third kappa shape index (κ3) is 5.31. The number of nitro groups is 1. The van der Waals surface area contributed by atoms with Crippen molar-refractivity contribution in [1.29, 1.82) is 0 Å². The van der Waals surface area contributed by atoms with Gasteiger partial charge in [-0.3, -0.25) is 14.9 Å². The van der Waals surface area contributed by atoms with Crippen LogP contribution in [0.3, 0.4) is 0 Å². The summed E-state index contributed by atoms with van der Waals surface area (Å²) in [4.78, 5) is 36.4. The Labute approximate surface area is 178 Å². The van der Waals surface area contributed by atoms with Gasteiger partial charge in [0.05, 0.1) is 17.1 Å². The van der Waals surface area contributed by atoms with E-state index < -0.39 is 22.9 Å². The Kier molecular flexibility index (Phi) is 6.74. The lowest BCUT2D eigenvalue weighted by Crippen LogP contribution is -2.26. The summed E-state index contributed by atoms with van der Waals surface area (Å²) in [5.41, 5.74) is 1.65. The largest absolute Gasteiger partial charge is 0.444 e. The van der Waals surface area contributed by atoms with Crippen LogP contribution >= 0.6 is 0 Å². The van der Waals surface area contributed by atoms with Crippen LogP contribution in [-0.4, -0.2) is 21.9 Å². The van der Waals surface area contributed by atoms with E-state index in [2.05, 4.69) is 5.32 Å². The van der Waals surface area contributed by atoms with E-state index >= 15 is 0 Å². The minimum Gasteiger partial charge on any atom is -0.444 e. The van der Waals surface area contributed by atoms with Crippen molar-refractivity contribution >= 4 is 23.3 Å². The molecule has 1 atom stereocenters. The molecule has 1 unspecified atom stereocenters. The summed E-state index contributed by atoms with van der Waals surface area (Å²) >= 11 is 0. The zero-order chi connectivity index (χ0) is 22.4. The molecule has 3 aromatic carbocycles. The van der Waals surface area contributed by atoms with Gasteiger partial charge in [0.25, 0.3) is 11.6 Å². The van der Waals surface area contributed by atoms with Crippen molar-refractivity contribution in [2.75, 3.05) is 5.32 Å². The number of ether oxygens (including phenoxy) is 1. The van der Waals surface area contributed by atoms with Gasteiger partial charge in [-0.2, -0.15) is 0 Å². The van der Waals surface area contributed by atoms with Crippen LogP contribution < -0.4 is 5.32 Å². The van der Waals surface area contributed by atoms with Crippen molar-refractivity contribution < 1.29 is 24.4 Å². The van der Waals surface area contributed by atoms with Crippen molar-refractivity contribution in [3.8, 4) is 0 Å². The number of aliphatic hydroxyl groups is 1. The van der Waals surface area contributed by atoms with Crippen LogP contribution in [0.15, 0.2) is 72.8 Å². The summed E-state index contributed by atoms with van der Waals surface area (Å²) in [7, 11) is 0. The molecule has 0 saturated carbocycles. The highest BCUT2D eigenvalue weighted by molar-refractivity contribution is 5.99. The number of esters is 1. The SMILES string of the molecule is Cc1ccc(NC(=O)C(OC(=O)c2ccc(CO)cc2)c2ccccc2)c([N+](=O)[O-])c1. The molecular weight excluding hydrogens is 400 g/mol. The summed E-state index contributed by atoms with van der Waals surface area (Å²) in [5, 5.41) is 23.0. The van der Waals surface area contributed by atoms with E-state index in [0.717, 1.165) is 0 Å². The van der Waals surface area contributed by atoms with Gasteiger partial charge in [-0.1, -0.05) is 48.5 Å². The zero-order valence-corrected chi connectivity index (χ0v) is 16.6. The van der Waals surface area contributed by atoms with Crippen molar-refractivity contribution in [2.45, 2.75) is 19.6 Å². The van der Waals surface area contributed by atoms with Gasteiger partial charge >= 0.3 is 5.97 Å². The molecule has 8 heteroatoms. The Balaban J connectivity index is 1.88. The second kappa shape index (κ2) is 9.64.